The summed E-state index contributed by atoms with van der Waals surface area (Å²) in [6, 6.07) is 3.66. The van der Waals surface area contributed by atoms with E-state index < -0.39 is 0 Å². The summed E-state index contributed by atoms with van der Waals surface area (Å²) in [4.78, 5) is 29.3. The number of halogens is 1. The molecule has 2 amide bonds. The average Bonchev–Trinajstić information content (AvgIpc) is 3.05. The van der Waals surface area contributed by atoms with Crippen molar-refractivity contribution >= 4 is 34.9 Å². The van der Waals surface area contributed by atoms with Gasteiger partial charge in [-0.25, -0.2) is 4.79 Å². The second kappa shape index (κ2) is 8.87. The van der Waals surface area contributed by atoms with Crippen molar-refractivity contribution in [3.05, 3.63) is 21.3 Å². The summed E-state index contributed by atoms with van der Waals surface area (Å²) in [5.74, 6) is 0.0747. The van der Waals surface area contributed by atoms with Gasteiger partial charge in [0, 0.05) is 24.5 Å². The summed E-state index contributed by atoms with van der Waals surface area (Å²) in [7, 11) is 0. The van der Waals surface area contributed by atoms with Crippen LogP contribution in [0.1, 0.15) is 24.1 Å². The lowest BCUT2D eigenvalue weighted by atomic mass is 10.0. The highest BCUT2D eigenvalue weighted by molar-refractivity contribution is 7.16. The highest BCUT2D eigenvalue weighted by atomic mass is 35.5. The van der Waals surface area contributed by atoms with Gasteiger partial charge in [-0.2, -0.15) is 0 Å². The minimum atomic E-state index is -0.314. The van der Waals surface area contributed by atoms with Crippen LogP contribution in [0.5, 0.6) is 0 Å². The van der Waals surface area contributed by atoms with E-state index in [1.165, 1.54) is 11.3 Å². The first kappa shape index (κ1) is 18.5. The van der Waals surface area contributed by atoms with Crippen LogP contribution in [0.2, 0.25) is 4.34 Å². The molecule has 0 aromatic carbocycles. The molecule has 8 heteroatoms. The largest absolute Gasteiger partial charge is 0.447 e. The molecule has 6 nitrogen and oxygen atoms in total. The Balaban J connectivity index is 1.53. The van der Waals surface area contributed by atoms with Crippen LogP contribution in [0.25, 0.3) is 0 Å². The minimum Gasteiger partial charge on any atom is -0.447 e. The molecule has 1 aromatic rings. The lowest BCUT2D eigenvalue weighted by Gasteiger charge is -2.36. The molecule has 0 saturated carbocycles. The van der Waals surface area contributed by atoms with Gasteiger partial charge in [-0.1, -0.05) is 11.6 Å². The van der Waals surface area contributed by atoms with Gasteiger partial charge >= 0.3 is 6.09 Å². The molecule has 25 heavy (non-hydrogen) atoms. The Morgan fingerprint density at radius 1 is 1.24 bits per heavy atom. The standard InChI is InChI=1S/C17H23ClN2O4S/c18-15-5-4-14(25-15)11-16(21)20-6-2-1-3-13(20)12-24-17(22)19-7-9-23-10-8-19/h4-5,13H,1-3,6-12H2. The summed E-state index contributed by atoms with van der Waals surface area (Å²) in [6.07, 6.45) is 2.95. The Kier molecular flexibility index (Phi) is 6.56. The smallest absolute Gasteiger partial charge is 0.409 e. The maximum atomic E-state index is 12.7. The van der Waals surface area contributed by atoms with Gasteiger partial charge in [0.15, 0.2) is 0 Å². The number of hydrogen-bond donors (Lipinski definition) is 0. The number of rotatable bonds is 4. The molecule has 2 aliphatic heterocycles. The van der Waals surface area contributed by atoms with Crippen LogP contribution in [0.15, 0.2) is 12.1 Å². The van der Waals surface area contributed by atoms with E-state index >= 15 is 0 Å². The van der Waals surface area contributed by atoms with Crippen LogP contribution in [-0.4, -0.2) is 67.3 Å². The molecule has 1 atom stereocenters. The second-order valence-electron chi connectivity index (χ2n) is 6.30. The monoisotopic (exact) mass is 386 g/mol. The van der Waals surface area contributed by atoms with Crippen LogP contribution in [0.3, 0.4) is 0 Å². The van der Waals surface area contributed by atoms with Crippen molar-refractivity contribution in [3.8, 4) is 0 Å². The topological polar surface area (TPSA) is 59.1 Å². The summed E-state index contributed by atoms with van der Waals surface area (Å²) < 4.78 is 11.4. The van der Waals surface area contributed by atoms with Gasteiger partial charge in [0.1, 0.15) is 6.61 Å². The van der Waals surface area contributed by atoms with Gasteiger partial charge in [0.25, 0.3) is 0 Å². The Bertz CT molecular complexity index is 603. The van der Waals surface area contributed by atoms with E-state index in [1.54, 1.807) is 4.90 Å². The molecule has 2 aliphatic rings. The molecule has 138 valence electrons. The number of carbonyl (C=O) groups is 2. The maximum absolute atomic E-state index is 12.7. The van der Waals surface area contributed by atoms with Gasteiger partial charge in [0.05, 0.1) is 30.0 Å². The molecule has 2 fully saturated rings. The minimum absolute atomic E-state index is 0.0401. The molecule has 3 heterocycles. The second-order valence-corrected chi connectivity index (χ2v) is 8.10. The SMILES string of the molecule is O=C(OCC1CCCCN1C(=O)Cc1ccc(Cl)s1)N1CCOCC1. The molecule has 1 unspecified atom stereocenters. The number of nitrogens with zero attached hydrogens (tertiary/aromatic N) is 2. The number of morpholine rings is 1. The van der Waals surface area contributed by atoms with Crippen molar-refractivity contribution < 1.29 is 19.1 Å². The number of amides is 2. The van der Waals surface area contributed by atoms with E-state index in [4.69, 9.17) is 21.1 Å². The van der Waals surface area contributed by atoms with Gasteiger partial charge in [-0.3, -0.25) is 4.79 Å². The van der Waals surface area contributed by atoms with E-state index in [9.17, 15) is 9.59 Å². The fourth-order valence-electron chi connectivity index (χ4n) is 3.20. The Labute approximate surface area is 156 Å². The summed E-state index contributed by atoms with van der Waals surface area (Å²) >= 11 is 7.37. The predicted octanol–water partition coefficient (Wildman–Crippen LogP) is 2.79. The van der Waals surface area contributed by atoms with Crippen LogP contribution in [0.4, 0.5) is 4.79 Å². The van der Waals surface area contributed by atoms with Crippen molar-refractivity contribution in [1.82, 2.24) is 9.80 Å². The van der Waals surface area contributed by atoms with Crippen LogP contribution < -0.4 is 0 Å². The number of likely N-dealkylation sites (tertiary alicyclic amines) is 1. The van der Waals surface area contributed by atoms with Gasteiger partial charge in [-0.05, 0) is 31.4 Å². The molecule has 0 spiro atoms. The zero-order chi connectivity index (χ0) is 17.6. The number of carbonyl (C=O) groups excluding carboxylic acids is 2. The summed E-state index contributed by atoms with van der Waals surface area (Å²) in [5.41, 5.74) is 0. The normalized spacial score (nSPS) is 21.2. The highest BCUT2D eigenvalue weighted by Gasteiger charge is 2.29. The molecule has 2 saturated heterocycles. The van der Waals surface area contributed by atoms with Crippen LogP contribution in [-0.2, 0) is 20.7 Å². The lowest BCUT2D eigenvalue weighted by molar-refractivity contribution is -0.135. The van der Waals surface area contributed by atoms with Crippen molar-refractivity contribution in [3.63, 3.8) is 0 Å². The third-order valence-electron chi connectivity index (χ3n) is 4.57. The van der Waals surface area contributed by atoms with Crippen LogP contribution in [0, 0.1) is 0 Å². The highest BCUT2D eigenvalue weighted by Crippen LogP contribution is 2.24. The number of piperidine rings is 1. The van der Waals surface area contributed by atoms with Gasteiger partial charge < -0.3 is 19.3 Å². The van der Waals surface area contributed by atoms with E-state index in [1.807, 2.05) is 17.0 Å². The fourth-order valence-corrected chi connectivity index (χ4v) is 4.28. The van der Waals surface area contributed by atoms with E-state index in [0.717, 1.165) is 30.7 Å². The molecule has 0 radical (unpaired) electrons. The Morgan fingerprint density at radius 2 is 2.04 bits per heavy atom. The molecule has 0 bridgehead atoms. The van der Waals surface area contributed by atoms with Crippen molar-refractivity contribution in [1.29, 1.82) is 0 Å². The fraction of sp³-hybridized carbons (Fsp3) is 0.647. The van der Waals surface area contributed by atoms with Crippen molar-refractivity contribution in [2.75, 3.05) is 39.5 Å². The third-order valence-corrected chi connectivity index (χ3v) is 5.80. The first-order valence-electron chi connectivity index (χ1n) is 8.66. The first-order chi connectivity index (χ1) is 12.1. The first-order valence-corrected chi connectivity index (χ1v) is 9.86. The summed E-state index contributed by atoms with van der Waals surface area (Å²) in [6.45, 7) is 3.19. The third kappa shape index (κ3) is 5.09. The molecule has 0 aliphatic carbocycles. The number of thiophene rings is 1. The molecular weight excluding hydrogens is 364 g/mol. The number of ether oxygens (including phenoxy) is 2. The van der Waals surface area contributed by atoms with Gasteiger partial charge in [-0.15, -0.1) is 11.3 Å². The van der Waals surface area contributed by atoms with E-state index in [2.05, 4.69) is 0 Å². The van der Waals surface area contributed by atoms with Crippen molar-refractivity contribution in [2.45, 2.75) is 31.7 Å². The van der Waals surface area contributed by atoms with Gasteiger partial charge in [0.2, 0.25) is 5.91 Å². The predicted molar refractivity (Wildman–Crippen MR) is 96.1 cm³/mol. The summed E-state index contributed by atoms with van der Waals surface area (Å²) in [5, 5.41) is 0. The molecule has 1 aromatic heterocycles. The molecule has 0 N–H and O–H groups in total. The van der Waals surface area contributed by atoms with Crippen molar-refractivity contribution in [2.24, 2.45) is 0 Å². The molecular formula is C17H23ClN2O4S. The number of hydrogen-bond acceptors (Lipinski definition) is 5. The maximum Gasteiger partial charge on any atom is 0.409 e. The lowest BCUT2D eigenvalue weighted by Crippen LogP contribution is -2.48. The average molecular weight is 387 g/mol. The van der Waals surface area contributed by atoms with E-state index in [0.29, 0.717) is 37.1 Å². The molecule has 3 rings (SSSR count). The Morgan fingerprint density at radius 3 is 2.76 bits per heavy atom. The zero-order valence-electron chi connectivity index (χ0n) is 14.1. The quantitative estimate of drug-likeness (QED) is 0.798. The van der Waals surface area contributed by atoms with Crippen LogP contribution >= 0.6 is 22.9 Å². The Hall–Kier alpha value is -1.31. The zero-order valence-corrected chi connectivity index (χ0v) is 15.7. The van der Waals surface area contributed by atoms with E-state index in [-0.39, 0.29) is 24.6 Å².